The number of likely N-dealkylation sites (N-methyl/N-ethyl adjacent to an activating group) is 2. The summed E-state index contributed by atoms with van der Waals surface area (Å²) in [5.74, 6) is 0.241. The highest BCUT2D eigenvalue weighted by Gasteiger charge is 2.25. The van der Waals surface area contributed by atoms with Crippen molar-refractivity contribution < 1.29 is 9.53 Å². The highest BCUT2D eigenvalue weighted by Crippen LogP contribution is 2.39. The molecule has 0 saturated heterocycles. The van der Waals surface area contributed by atoms with Crippen molar-refractivity contribution in [2.75, 3.05) is 40.3 Å². The molecule has 0 radical (unpaired) electrons. The molecule has 3 rings (SSSR count). The first-order chi connectivity index (χ1) is 13.0. The number of nitrogens with one attached hydrogen (secondary N) is 1. The lowest BCUT2D eigenvalue weighted by Crippen LogP contribution is -2.36. The Morgan fingerprint density at radius 1 is 1.19 bits per heavy atom. The molecule has 0 aliphatic rings. The van der Waals surface area contributed by atoms with Crippen LogP contribution in [-0.2, 0) is 0 Å². The van der Waals surface area contributed by atoms with Crippen molar-refractivity contribution in [1.29, 1.82) is 0 Å². The first kappa shape index (κ1) is 19.4. The van der Waals surface area contributed by atoms with Gasteiger partial charge < -0.3 is 19.5 Å². The van der Waals surface area contributed by atoms with Crippen LogP contribution in [0.3, 0.4) is 0 Å². The number of aromatic nitrogens is 1. The smallest absolute Gasteiger partial charge is 0.267 e. The predicted molar refractivity (Wildman–Crippen MR) is 111 cm³/mol. The summed E-state index contributed by atoms with van der Waals surface area (Å²) < 4.78 is 6.28. The lowest BCUT2D eigenvalue weighted by molar-refractivity contribution is 0.0781. The number of para-hydroxylation sites is 1. The molecule has 27 heavy (non-hydrogen) atoms. The average Bonchev–Trinajstić information content (AvgIpc) is 3.08. The second-order valence-corrected chi connectivity index (χ2v) is 7.44. The van der Waals surface area contributed by atoms with Crippen molar-refractivity contribution in [1.82, 2.24) is 14.8 Å². The van der Waals surface area contributed by atoms with Gasteiger partial charge in [0.05, 0.1) is 11.8 Å². The highest BCUT2D eigenvalue weighted by atomic mass is 32.1. The standard InChI is InChI=1S/C20H25N3O3S/c1-5-23(6-2)12-11-22(3)20(25)18-16(26-4)15-17(27-18)13-9-7-8-10-14(13)21-19(15)24/h7-10H,5-6,11-12H2,1-4H3,(H,21,24). The van der Waals surface area contributed by atoms with E-state index < -0.39 is 0 Å². The fourth-order valence-electron chi connectivity index (χ4n) is 3.23. The molecular formula is C20H25N3O3S. The Balaban J connectivity index is 2.03. The van der Waals surface area contributed by atoms with E-state index in [0.29, 0.717) is 22.6 Å². The van der Waals surface area contributed by atoms with E-state index >= 15 is 0 Å². The van der Waals surface area contributed by atoms with Crippen molar-refractivity contribution in [3.8, 4) is 5.75 Å². The summed E-state index contributed by atoms with van der Waals surface area (Å²) in [5.41, 5.74) is 0.523. The average molecular weight is 388 g/mol. The minimum Gasteiger partial charge on any atom is -0.494 e. The van der Waals surface area contributed by atoms with E-state index in [1.807, 2.05) is 24.3 Å². The number of carbonyl (C=O) groups is 1. The summed E-state index contributed by atoms with van der Waals surface area (Å²) in [5, 5.41) is 1.36. The molecule has 0 aliphatic heterocycles. The number of fused-ring (bicyclic) bond motifs is 3. The van der Waals surface area contributed by atoms with Crippen molar-refractivity contribution in [2.45, 2.75) is 13.8 Å². The summed E-state index contributed by atoms with van der Waals surface area (Å²) in [6.45, 7) is 7.55. The first-order valence-electron chi connectivity index (χ1n) is 9.11. The van der Waals surface area contributed by atoms with Gasteiger partial charge in [-0.3, -0.25) is 9.59 Å². The Labute approximate surface area is 162 Å². The van der Waals surface area contributed by atoms with E-state index in [4.69, 9.17) is 4.74 Å². The molecule has 0 aliphatic carbocycles. The van der Waals surface area contributed by atoms with Crippen LogP contribution in [0.1, 0.15) is 23.5 Å². The first-order valence-corrected chi connectivity index (χ1v) is 9.92. The number of aromatic amines is 1. The van der Waals surface area contributed by atoms with Crippen LogP contribution in [0.5, 0.6) is 5.75 Å². The number of carbonyl (C=O) groups excluding carboxylic acids is 1. The van der Waals surface area contributed by atoms with Crippen molar-refractivity contribution in [2.24, 2.45) is 0 Å². The zero-order valence-corrected chi connectivity index (χ0v) is 17.0. The third-order valence-corrected chi connectivity index (χ3v) is 6.09. The zero-order valence-electron chi connectivity index (χ0n) is 16.2. The lowest BCUT2D eigenvalue weighted by atomic mass is 10.1. The minimum atomic E-state index is -0.235. The summed E-state index contributed by atoms with van der Waals surface area (Å²) in [4.78, 5) is 33.0. The zero-order chi connectivity index (χ0) is 19.6. The number of benzene rings is 1. The number of H-pyrrole nitrogens is 1. The van der Waals surface area contributed by atoms with Crippen LogP contribution < -0.4 is 10.3 Å². The minimum absolute atomic E-state index is 0.122. The van der Waals surface area contributed by atoms with Gasteiger partial charge in [0.1, 0.15) is 10.3 Å². The molecule has 0 bridgehead atoms. The van der Waals surface area contributed by atoms with E-state index in [1.54, 1.807) is 11.9 Å². The predicted octanol–water partition coefficient (Wildman–Crippen LogP) is 3.17. The molecule has 2 heterocycles. The summed E-state index contributed by atoms with van der Waals surface area (Å²) in [6.07, 6.45) is 0. The van der Waals surface area contributed by atoms with Crippen LogP contribution in [0.4, 0.5) is 0 Å². The Kier molecular flexibility index (Phi) is 5.82. The SMILES string of the molecule is CCN(CC)CCN(C)C(=O)c1sc2c(c1OC)c(=O)[nH]c1ccccc12. The van der Waals surface area contributed by atoms with Gasteiger partial charge in [-0.25, -0.2) is 0 Å². The fraction of sp³-hybridized carbons (Fsp3) is 0.400. The lowest BCUT2D eigenvalue weighted by Gasteiger charge is -2.23. The van der Waals surface area contributed by atoms with Crippen molar-refractivity contribution in [3.05, 3.63) is 39.5 Å². The number of thiophene rings is 1. The normalized spacial score (nSPS) is 11.4. The number of pyridine rings is 1. The number of methoxy groups -OCH3 is 1. The quantitative estimate of drug-likeness (QED) is 0.676. The third kappa shape index (κ3) is 3.57. The van der Waals surface area contributed by atoms with Gasteiger partial charge in [-0.15, -0.1) is 11.3 Å². The molecule has 0 saturated carbocycles. The number of ether oxygens (including phenoxy) is 1. The largest absolute Gasteiger partial charge is 0.494 e. The number of hydrogen-bond acceptors (Lipinski definition) is 5. The fourth-order valence-corrected chi connectivity index (χ4v) is 4.53. The molecule has 6 nitrogen and oxygen atoms in total. The van der Waals surface area contributed by atoms with Gasteiger partial charge >= 0.3 is 0 Å². The highest BCUT2D eigenvalue weighted by molar-refractivity contribution is 7.22. The van der Waals surface area contributed by atoms with E-state index in [1.165, 1.54) is 18.4 Å². The molecule has 0 atom stereocenters. The number of hydrogen-bond donors (Lipinski definition) is 1. The van der Waals surface area contributed by atoms with Crippen LogP contribution in [0, 0.1) is 0 Å². The Morgan fingerprint density at radius 3 is 2.56 bits per heavy atom. The van der Waals surface area contributed by atoms with E-state index in [0.717, 1.165) is 35.2 Å². The topological polar surface area (TPSA) is 65.6 Å². The molecule has 1 aromatic carbocycles. The van der Waals surface area contributed by atoms with Gasteiger partial charge in [0.15, 0.2) is 5.75 Å². The molecule has 7 heteroatoms. The maximum atomic E-state index is 13.1. The van der Waals surface area contributed by atoms with Crippen LogP contribution in [0.25, 0.3) is 21.0 Å². The van der Waals surface area contributed by atoms with E-state index in [2.05, 4.69) is 23.7 Å². The monoisotopic (exact) mass is 387 g/mol. The van der Waals surface area contributed by atoms with Gasteiger partial charge in [-0.05, 0) is 19.2 Å². The Hall–Kier alpha value is -2.38. The van der Waals surface area contributed by atoms with Crippen LogP contribution in [-0.4, -0.2) is 61.0 Å². The number of amides is 1. The van der Waals surface area contributed by atoms with Gasteiger partial charge in [0.2, 0.25) is 0 Å². The molecule has 3 aromatic rings. The molecular weight excluding hydrogens is 362 g/mol. The summed E-state index contributed by atoms with van der Waals surface area (Å²) >= 11 is 1.32. The maximum absolute atomic E-state index is 13.1. The molecule has 0 fully saturated rings. The van der Waals surface area contributed by atoms with Crippen molar-refractivity contribution in [3.63, 3.8) is 0 Å². The van der Waals surface area contributed by atoms with Crippen LogP contribution in [0.2, 0.25) is 0 Å². The summed E-state index contributed by atoms with van der Waals surface area (Å²) in [6, 6.07) is 7.61. The van der Waals surface area contributed by atoms with Crippen molar-refractivity contribution >= 4 is 38.2 Å². The van der Waals surface area contributed by atoms with Gasteiger partial charge in [-0.2, -0.15) is 0 Å². The van der Waals surface area contributed by atoms with E-state index in [9.17, 15) is 9.59 Å². The molecule has 1 N–H and O–H groups in total. The molecule has 2 aromatic heterocycles. The van der Waals surface area contributed by atoms with Crippen LogP contribution >= 0.6 is 11.3 Å². The van der Waals surface area contributed by atoms with Crippen LogP contribution in [0.15, 0.2) is 29.1 Å². The maximum Gasteiger partial charge on any atom is 0.267 e. The Bertz CT molecular complexity index is 1020. The molecule has 144 valence electrons. The van der Waals surface area contributed by atoms with Gasteiger partial charge in [-0.1, -0.05) is 32.0 Å². The van der Waals surface area contributed by atoms with Gasteiger partial charge in [0, 0.05) is 31.0 Å². The molecule has 1 amide bonds. The molecule has 0 spiro atoms. The summed E-state index contributed by atoms with van der Waals surface area (Å²) in [7, 11) is 3.29. The number of nitrogens with zero attached hydrogens (tertiary/aromatic N) is 2. The molecule has 0 unspecified atom stereocenters. The Morgan fingerprint density at radius 2 is 1.89 bits per heavy atom. The van der Waals surface area contributed by atoms with Gasteiger partial charge in [0.25, 0.3) is 11.5 Å². The number of rotatable bonds is 7. The second kappa shape index (κ2) is 8.10. The van der Waals surface area contributed by atoms with E-state index in [-0.39, 0.29) is 11.5 Å². The second-order valence-electron chi connectivity index (χ2n) is 6.42. The third-order valence-electron chi connectivity index (χ3n) is 4.90.